The largest absolute Gasteiger partial charge is 0.481 e. The number of nitrogens with zero attached hydrogens (tertiary/aromatic N) is 1. The second kappa shape index (κ2) is 13.5. The van der Waals surface area contributed by atoms with Crippen molar-refractivity contribution < 1.29 is 38.5 Å². The van der Waals surface area contributed by atoms with Gasteiger partial charge in [0.05, 0.1) is 50.7 Å². The zero-order valence-electron chi connectivity index (χ0n) is 20.3. The van der Waals surface area contributed by atoms with E-state index < -0.39 is 47.4 Å². The fraction of sp³-hybridized carbons (Fsp3) is 0.818. The number of hydrogen-bond donors (Lipinski definition) is 3. The zero-order chi connectivity index (χ0) is 25.2. The van der Waals surface area contributed by atoms with Gasteiger partial charge in [-0.2, -0.15) is 0 Å². The van der Waals surface area contributed by atoms with Crippen LogP contribution in [0.2, 0.25) is 0 Å². The summed E-state index contributed by atoms with van der Waals surface area (Å²) in [6.45, 7) is 7.88. The molecule has 0 aromatic heterocycles. The minimum Gasteiger partial charge on any atom is -0.481 e. The van der Waals surface area contributed by atoms with Crippen LogP contribution in [0.4, 0.5) is 0 Å². The van der Waals surface area contributed by atoms with Crippen LogP contribution in [0.1, 0.15) is 47.0 Å². The number of aliphatic carboxylic acids is 1. The fourth-order valence-corrected chi connectivity index (χ4v) is 3.53. The van der Waals surface area contributed by atoms with E-state index in [9.17, 15) is 24.3 Å². The molecule has 0 bridgehead atoms. The highest BCUT2D eigenvalue weighted by Crippen LogP contribution is 2.28. The molecule has 11 heteroatoms. The van der Waals surface area contributed by atoms with Crippen molar-refractivity contribution in [3.63, 3.8) is 0 Å². The van der Waals surface area contributed by atoms with Crippen molar-refractivity contribution >= 4 is 23.8 Å². The number of carboxylic acids is 1. The Morgan fingerprint density at radius 1 is 1.12 bits per heavy atom. The van der Waals surface area contributed by atoms with Crippen molar-refractivity contribution in [2.45, 2.75) is 64.6 Å². The number of esters is 1. The van der Waals surface area contributed by atoms with Crippen molar-refractivity contribution in [1.82, 2.24) is 10.2 Å². The Kier molecular flexibility index (Phi) is 11.7. The number of rotatable bonds is 2. The Morgan fingerprint density at radius 2 is 1.73 bits per heavy atom. The summed E-state index contributed by atoms with van der Waals surface area (Å²) < 4.78 is 16.2. The number of nitrogens with one attached hydrogen (secondary N) is 1. The summed E-state index contributed by atoms with van der Waals surface area (Å²) in [5.74, 6) is -5.04. The third-order valence-electron chi connectivity index (χ3n) is 5.46. The summed E-state index contributed by atoms with van der Waals surface area (Å²) in [5.41, 5.74) is 5.15. The third kappa shape index (κ3) is 10.1. The van der Waals surface area contributed by atoms with Crippen LogP contribution in [0.15, 0.2) is 0 Å². The van der Waals surface area contributed by atoms with E-state index in [4.69, 9.17) is 19.9 Å². The van der Waals surface area contributed by atoms with Crippen molar-refractivity contribution in [3.8, 4) is 0 Å². The number of amides is 2. The van der Waals surface area contributed by atoms with Crippen LogP contribution >= 0.6 is 0 Å². The number of hydrogen-bond acceptors (Lipinski definition) is 8. The van der Waals surface area contributed by atoms with Gasteiger partial charge in [-0.25, -0.2) is 0 Å². The third-order valence-corrected chi connectivity index (χ3v) is 5.46. The quantitative estimate of drug-likeness (QED) is 0.475. The molecule has 4 N–H and O–H groups in total. The highest BCUT2D eigenvalue weighted by atomic mass is 16.6. The molecule has 1 rings (SSSR count). The van der Waals surface area contributed by atoms with Gasteiger partial charge in [0.2, 0.25) is 11.8 Å². The molecule has 4 unspecified atom stereocenters. The molecule has 2 amide bonds. The Hall–Kier alpha value is -2.24. The van der Waals surface area contributed by atoms with E-state index in [1.165, 1.54) is 11.9 Å². The van der Waals surface area contributed by atoms with Gasteiger partial charge in [-0.3, -0.25) is 19.2 Å². The molecule has 190 valence electrons. The first-order valence-electron chi connectivity index (χ1n) is 11.2. The van der Waals surface area contributed by atoms with Crippen LogP contribution in [0, 0.1) is 11.8 Å². The van der Waals surface area contributed by atoms with Gasteiger partial charge in [-0.1, -0.05) is 0 Å². The van der Waals surface area contributed by atoms with Crippen LogP contribution in [-0.4, -0.2) is 91.5 Å². The van der Waals surface area contributed by atoms with E-state index in [0.717, 1.165) is 0 Å². The second-order valence-electron chi connectivity index (χ2n) is 9.20. The van der Waals surface area contributed by atoms with Crippen LogP contribution in [0.5, 0.6) is 0 Å². The fourth-order valence-electron chi connectivity index (χ4n) is 3.53. The molecule has 1 aliphatic rings. The van der Waals surface area contributed by atoms with Gasteiger partial charge in [-0.15, -0.1) is 0 Å². The molecule has 0 radical (unpaired) electrons. The summed E-state index contributed by atoms with van der Waals surface area (Å²) in [5, 5.41) is 12.7. The lowest BCUT2D eigenvalue weighted by molar-refractivity contribution is -0.169. The molecule has 0 spiro atoms. The first kappa shape index (κ1) is 28.8. The summed E-state index contributed by atoms with van der Waals surface area (Å²) in [6, 6.07) is -1.76. The normalized spacial score (nSPS) is 27.8. The Labute approximate surface area is 195 Å². The maximum absolute atomic E-state index is 13.0. The first-order chi connectivity index (χ1) is 15.3. The SMILES string of the molecule is CC1C(C(=O)O)C(C(=O)OC(C)(C)C)CCC(N)C(=O)NCCOCCOCCC(=O)N1C. The van der Waals surface area contributed by atoms with Gasteiger partial charge in [0.15, 0.2) is 0 Å². The van der Waals surface area contributed by atoms with Crippen molar-refractivity contribution in [2.24, 2.45) is 17.6 Å². The van der Waals surface area contributed by atoms with E-state index in [-0.39, 0.29) is 51.5 Å². The second-order valence-corrected chi connectivity index (χ2v) is 9.20. The highest BCUT2D eigenvalue weighted by Gasteiger charge is 2.42. The van der Waals surface area contributed by atoms with Crippen molar-refractivity contribution in [1.29, 1.82) is 0 Å². The van der Waals surface area contributed by atoms with E-state index in [2.05, 4.69) is 5.32 Å². The zero-order valence-corrected chi connectivity index (χ0v) is 20.3. The van der Waals surface area contributed by atoms with E-state index >= 15 is 0 Å². The molecule has 0 aliphatic carbocycles. The molecule has 1 saturated heterocycles. The number of carbonyl (C=O) groups excluding carboxylic acids is 3. The Morgan fingerprint density at radius 3 is 2.30 bits per heavy atom. The average Bonchev–Trinajstić information content (AvgIpc) is 2.71. The minimum absolute atomic E-state index is 0.00640. The summed E-state index contributed by atoms with van der Waals surface area (Å²) in [7, 11) is 1.50. The highest BCUT2D eigenvalue weighted by molar-refractivity contribution is 5.84. The average molecular weight is 474 g/mol. The number of ether oxygens (including phenoxy) is 3. The van der Waals surface area contributed by atoms with E-state index in [1.807, 2.05) is 0 Å². The lowest BCUT2D eigenvalue weighted by Gasteiger charge is -2.35. The van der Waals surface area contributed by atoms with E-state index in [0.29, 0.717) is 6.61 Å². The number of carboxylic acid groups (broad SMARTS) is 1. The van der Waals surface area contributed by atoms with Crippen LogP contribution in [0.25, 0.3) is 0 Å². The summed E-state index contributed by atoms with van der Waals surface area (Å²) in [4.78, 5) is 51.5. The molecule has 11 nitrogen and oxygen atoms in total. The predicted molar refractivity (Wildman–Crippen MR) is 119 cm³/mol. The van der Waals surface area contributed by atoms with Gasteiger partial charge in [-0.05, 0) is 40.5 Å². The van der Waals surface area contributed by atoms with Gasteiger partial charge in [0, 0.05) is 19.6 Å². The van der Waals surface area contributed by atoms with Crippen LogP contribution in [-0.2, 0) is 33.4 Å². The smallest absolute Gasteiger partial charge is 0.310 e. The topological polar surface area (TPSA) is 157 Å². The van der Waals surface area contributed by atoms with Crippen molar-refractivity contribution in [3.05, 3.63) is 0 Å². The minimum atomic E-state index is -1.25. The molecule has 0 aromatic rings. The monoisotopic (exact) mass is 473 g/mol. The molecule has 1 aliphatic heterocycles. The molecular weight excluding hydrogens is 434 g/mol. The number of nitrogens with two attached hydrogens (primary N) is 1. The molecule has 0 aromatic carbocycles. The maximum Gasteiger partial charge on any atom is 0.310 e. The molecule has 1 heterocycles. The lowest BCUT2D eigenvalue weighted by atomic mass is 9.82. The molecular formula is C22H39N3O8. The maximum atomic E-state index is 13.0. The predicted octanol–water partition coefficient (Wildman–Crippen LogP) is 0.153. The molecule has 0 saturated carbocycles. The summed E-state index contributed by atoms with van der Waals surface area (Å²) in [6.07, 6.45) is 0.135. The van der Waals surface area contributed by atoms with Gasteiger partial charge >= 0.3 is 11.9 Å². The lowest BCUT2D eigenvalue weighted by Crippen LogP contribution is -2.49. The van der Waals surface area contributed by atoms with Crippen molar-refractivity contribution in [2.75, 3.05) is 40.0 Å². The number of carbonyl (C=O) groups is 4. The molecule has 4 atom stereocenters. The van der Waals surface area contributed by atoms with E-state index in [1.54, 1.807) is 27.7 Å². The first-order valence-corrected chi connectivity index (χ1v) is 11.2. The van der Waals surface area contributed by atoms with Gasteiger partial charge in [0.1, 0.15) is 5.60 Å². The Balaban J connectivity index is 3.19. The van der Waals surface area contributed by atoms with Crippen LogP contribution < -0.4 is 11.1 Å². The van der Waals surface area contributed by atoms with Crippen LogP contribution in [0.3, 0.4) is 0 Å². The molecule has 33 heavy (non-hydrogen) atoms. The standard InChI is InChI=1S/C22H39N3O8/c1-14-18(20(28)29)15(21(30)33-22(2,3)4)6-7-16(23)19(27)24-9-11-32-13-12-31-10-8-17(26)25(14)5/h14-16,18H,6-13,23H2,1-5H3,(H,24,27)(H,28,29). The molecule has 1 fully saturated rings. The summed E-state index contributed by atoms with van der Waals surface area (Å²) >= 11 is 0. The Bertz CT molecular complexity index is 679. The van der Waals surface area contributed by atoms with Gasteiger partial charge < -0.3 is 35.3 Å². The van der Waals surface area contributed by atoms with Gasteiger partial charge in [0.25, 0.3) is 0 Å².